The van der Waals surface area contributed by atoms with Gasteiger partial charge in [-0.2, -0.15) is 23.3 Å². The van der Waals surface area contributed by atoms with E-state index in [1.54, 1.807) is 24.2 Å². The van der Waals surface area contributed by atoms with Crippen LogP contribution in [0.4, 0.5) is 0 Å². The number of hydrogen-bond acceptors (Lipinski definition) is 0. The summed E-state index contributed by atoms with van der Waals surface area (Å²) < 4.78 is 1.51. The number of benzene rings is 4. The molecule has 0 radical (unpaired) electrons. The molecule has 0 aliphatic heterocycles. The molecule has 5 aromatic carbocycles. The number of fused-ring (bicyclic) bond motifs is 3. The van der Waals surface area contributed by atoms with Crippen LogP contribution < -0.4 is 24.8 Å². The summed E-state index contributed by atoms with van der Waals surface area (Å²) in [6, 6.07) is 27.6. The Morgan fingerprint density at radius 2 is 1.05 bits per heavy atom. The Labute approximate surface area is 370 Å². The van der Waals surface area contributed by atoms with Gasteiger partial charge in [-0.05, 0) is 92.2 Å². The second kappa shape index (κ2) is 19.1. The van der Waals surface area contributed by atoms with E-state index in [9.17, 15) is 0 Å². The standard InChI is InChI=1S/C39H45.C11H17.C3H6.2ClH.Zr/c1-22-13-24(3)36(25(4)14-22)32-18-28-17-29-19-33(37-26(5)15-23(2)16-27(37)6)35(39(10,11)12)21-31(29)30(28)20-34(32)38(7,8)9;1-5-9-6-7-10(8-9)11(2,3)4;1-3-2;;;/h13-16,18,20-21H,17H2,1-12H3;6-8H,5H2,1-4H3;1-2H3;2*1H;/q2*-1;;;;+2/p-2. The van der Waals surface area contributed by atoms with Crippen molar-refractivity contribution >= 4 is 3.21 Å². The molecule has 0 fully saturated rings. The molecule has 0 spiro atoms. The normalized spacial score (nSPS) is 11.9. The SMILES string of the molecule is CCc1cc(C(C)(C)C)c[cH-]1.C[C](C)=[Zr+2].Cc1cc(C)c(-c2[c-]c3c(cc2C(C)(C)C)-c2cc(C(C)(C)C)c(-c4c(C)cc(C)cc4C)cc2C3)c(C)c1.[Cl-].[Cl-]. The van der Waals surface area contributed by atoms with E-state index < -0.39 is 0 Å². The molecule has 0 N–H and O–H groups in total. The van der Waals surface area contributed by atoms with Crippen molar-refractivity contribution in [2.45, 2.75) is 154 Å². The zero-order valence-electron chi connectivity index (χ0n) is 37.9. The van der Waals surface area contributed by atoms with Crippen molar-refractivity contribution in [2.75, 3.05) is 0 Å². The van der Waals surface area contributed by atoms with E-state index in [2.05, 4.69) is 191 Å². The molecule has 0 nitrogen and oxygen atoms in total. The van der Waals surface area contributed by atoms with Crippen LogP contribution >= 0.6 is 0 Å². The van der Waals surface area contributed by atoms with Crippen LogP contribution in [0.25, 0.3) is 33.4 Å². The van der Waals surface area contributed by atoms with Crippen LogP contribution in [0, 0.1) is 47.6 Å². The molecule has 5 aromatic rings. The molecule has 56 heavy (non-hydrogen) atoms. The van der Waals surface area contributed by atoms with Crippen molar-refractivity contribution in [1.29, 1.82) is 0 Å². The van der Waals surface area contributed by atoms with Gasteiger partial charge < -0.3 is 24.8 Å². The average molecular weight is 867 g/mol. The third-order valence-electron chi connectivity index (χ3n) is 10.6. The first-order valence-corrected chi connectivity index (χ1v) is 21.3. The van der Waals surface area contributed by atoms with E-state index in [1.807, 2.05) is 0 Å². The summed E-state index contributed by atoms with van der Waals surface area (Å²) in [7, 11) is 0. The molecule has 0 saturated carbocycles. The summed E-state index contributed by atoms with van der Waals surface area (Å²) in [6.45, 7) is 40.7. The minimum absolute atomic E-state index is 0. The minimum Gasteiger partial charge on any atom is -1.00 e. The van der Waals surface area contributed by atoms with E-state index in [-0.39, 0.29) is 35.6 Å². The topological polar surface area (TPSA) is 0 Å². The van der Waals surface area contributed by atoms with Gasteiger partial charge in [0.1, 0.15) is 0 Å². The first-order chi connectivity index (χ1) is 24.8. The summed E-state index contributed by atoms with van der Waals surface area (Å²) in [6.07, 6.45) is 2.09. The average Bonchev–Trinajstić information content (AvgIpc) is 3.63. The van der Waals surface area contributed by atoms with Crippen LogP contribution in [0.15, 0.2) is 60.7 Å². The minimum atomic E-state index is 0. The van der Waals surface area contributed by atoms with Crippen LogP contribution in [-0.4, -0.2) is 3.21 Å². The summed E-state index contributed by atoms with van der Waals surface area (Å²) in [5.41, 5.74) is 25.1. The predicted molar refractivity (Wildman–Crippen MR) is 237 cm³/mol. The molecule has 0 saturated heterocycles. The Morgan fingerprint density at radius 1 is 0.607 bits per heavy atom. The van der Waals surface area contributed by atoms with Crippen molar-refractivity contribution in [3.05, 3.63) is 133 Å². The molecule has 0 atom stereocenters. The first kappa shape index (κ1) is 49.7. The van der Waals surface area contributed by atoms with Crippen LogP contribution in [0.5, 0.6) is 0 Å². The van der Waals surface area contributed by atoms with Crippen molar-refractivity contribution in [2.24, 2.45) is 0 Å². The Morgan fingerprint density at radius 3 is 1.45 bits per heavy atom. The second-order valence-electron chi connectivity index (χ2n) is 19.3. The number of halogens is 2. The van der Waals surface area contributed by atoms with E-state index >= 15 is 0 Å². The molecule has 6 rings (SSSR count). The van der Waals surface area contributed by atoms with Gasteiger partial charge in [-0.1, -0.05) is 156 Å². The van der Waals surface area contributed by atoms with Gasteiger partial charge in [-0.15, -0.1) is 28.8 Å². The summed E-state index contributed by atoms with van der Waals surface area (Å²) >= 11 is 1.55. The van der Waals surface area contributed by atoms with Gasteiger partial charge in [0.2, 0.25) is 0 Å². The maximum Gasteiger partial charge on any atom is -0.0122 e. The second-order valence-corrected chi connectivity index (χ2v) is 21.8. The van der Waals surface area contributed by atoms with Crippen LogP contribution in [-0.2, 0) is 53.3 Å². The van der Waals surface area contributed by atoms with Gasteiger partial charge in [0.15, 0.2) is 0 Å². The van der Waals surface area contributed by atoms with Crippen molar-refractivity contribution in [1.82, 2.24) is 0 Å². The van der Waals surface area contributed by atoms with Crippen LogP contribution in [0.1, 0.15) is 150 Å². The fraction of sp³-hybridized carbons (Fsp3) is 0.434. The number of aryl methyl sites for hydroxylation is 7. The number of rotatable bonds is 3. The molecular formula is C53H68Cl2Zr-2. The Hall–Kier alpha value is -2.44. The zero-order valence-corrected chi connectivity index (χ0v) is 41.9. The summed E-state index contributed by atoms with van der Waals surface area (Å²) in [5, 5.41) is 0. The van der Waals surface area contributed by atoms with Gasteiger partial charge in [0, 0.05) is 0 Å². The summed E-state index contributed by atoms with van der Waals surface area (Å²) in [4.78, 5) is 0. The van der Waals surface area contributed by atoms with Crippen molar-refractivity contribution < 1.29 is 49.0 Å². The maximum absolute atomic E-state index is 4.01. The number of hydrogen-bond donors (Lipinski definition) is 0. The smallest absolute Gasteiger partial charge is 0.0122 e. The quantitative estimate of drug-likeness (QED) is 0.156. The maximum atomic E-state index is 4.01. The molecule has 300 valence electrons. The molecule has 0 bridgehead atoms. The third kappa shape index (κ3) is 11.6. The van der Waals surface area contributed by atoms with Gasteiger partial charge >= 0.3 is 41.3 Å². The predicted octanol–water partition coefficient (Wildman–Crippen LogP) is 8.86. The molecule has 3 heteroatoms. The van der Waals surface area contributed by atoms with Gasteiger partial charge in [-0.3, -0.25) is 0 Å². The van der Waals surface area contributed by atoms with E-state index in [4.69, 9.17) is 0 Å². The largest absolute Gasteiger partial charge is 1.00 e. The molecule has 1 aliphatic rings. The molecule has 0 heterocycles. The van der Waals surface area contributed by atoms with Crippen LogP contribution in [0.2, 0.25) is 0 Å². The van der Waals surface area contributed by atoms with Gasteiger partial charge in [0.25, 0.3) is 0 Å². The Kier molecular flexibility index (Phi) is 16.9. The van der Waals surface area contributed by atoms with Crippen LogP contribution in [0.3, 0.4) is 0 Å². The molecular weight excluding hydrogens is 799 g/mol. The van der Waals surface area contributed by atoms with Gasteiger partial charge in [0.05, 0.1) is 0 Å². The first-order valence-electron chi connectivity index (χ1n) is 20.0. The molecule has 1 aliphatic carbocycles. The molecule has 0 amide bonds. The Bertz CT molecular complexity index is 2000. The monoisotopic (exact) mass is 864 g/mol. The third-order valence-corrected chi connectivity index (χ3v) is 10.6. The summed E-state index contributed by atoms with van der Waals surface area (Å²) in [5.74, 6) is 0. The fourth-order valence-electron chi connectivity index (χ4n) is 8.18. The van der Waals surface area contributed by atoms with Crippen molar-refractivity contribution in [3.8, 4) is 33.4 Å². The van der Waals surface area contributed by atoms with E-state index in [0.717, 1.165) is 12.8 Å². The van der Waals surface area contributed by atoms with E-state index in [0.29, 0.717) is 5.41 Å². The van der Waals surface area contributed by atoms with Gasteiger partial charge in [-0.25, -0.2) is 6.07 Å². The molecule has 0 aromatic heterocycles. The zero-order chi connectivity index (χ0) is 40.7. The van der Waals surface area contributed by atoms with E-state index in [1.165, 1.54) is 103 Å². The van der Waals surface area contributed by atoms with Crippen molar-refractivity contribution in [3.63, 3.8) is 0 Å². The molecule has 0 unspecified atom stereocenters. The Balaban J connectivity index is 0.000000538. The fourth-order valence-corrected chi connectivity index (χ4v) is 8.18.